The summed E-state index contributed by atoms with van der Waals surface area (Å²) in [6.45, 7) is 3.90. The van der Waals surface area contributed by atoms with Gasteiger partial charge in [-0.2, -0.15) is 5.10 Å². The normalized spacial score (nSPS) is 10.7. The number of aryl methyl sites for hydroxylation is 2. The molecule has 0 saturated carbocycles. The Morgan fingerprint density at radius 1 is 1.23 bits per heavy atom. The molecule has 22 heavy (non-hydrogen) atoms. The Morgan fingerprint density at radius 3 is 2.73 bits per heavy atom. The van der Waals surface area contributed by atoms with E-state index in [0.29, 0.717) is 5.75 Å². The Bertz CT molecular complexity index is 699. The average Bonchev–Trinajstić information content (AvgIpc) is 2.46. The third kappa shape index (κ3) is 5.00. The van der Waals surface area contributed by atoms with Crippen LogP contribution < -0.4 is 10.2 Å². The first kappa shape index (κ1) is 16.2. The first-order chi connectivity index (χ1) is 10.5. The second-order valence-electron chi connectivity index (χ2n) is 4.93. The molecule has 0 fully saturated rings. The number of ether oxygens (including phenoxy) is 1. The van der Waals surface area contributed by atoms with Crippen molar-refractivity contribution in [1.82, 2.24) is 5.43 Å². The lowest BCUT2D eigenvalue weighted by Gasteiger charge is -2.07. The second-order valence-corrected chi connectivity index (χ2v) is 5.78. The molecular weight excluding hydrogens is 344 g/mol. The first-order valence-corrected chi connectivity index (χ1v) is 7.61. The van der Waals surface area contributed by atoms with Gasteiger partial charge in [0.25, 0.3) is 5.91 Å². The van der Waals surface area contributed by atoms with Crippen LogP contribution in [-0.4, -0.2) is 18.7 Å². The summed E-state index contributed by atoms with van der Waals surface area (Å²) in [6, 6.07) is 13.5. The van der Waals surface area contributed by atoms with E-state index in [9.17, 15) is 4.79 Å². The summed E-state index contributed by atoms with van der Waals surface area (Å²) in [5.41, 5.74) is 5.63. The summed E-state index contributed by atoms with van der Waals surface area (Å²) in [4.78, 5) is 11.7. The Hall–Kier alpha value is -2.14. The number of hydrogen-bond donors (Lipinski definition) is 1. The number of hydrogen-bond acceptors (Lipinski definition) is 3. The Morgan fingerprint density at radius 2 is 2.00 bits per heavy atom. The van der Waals surface area contributed by atoms with Gasteiger partial charge in [0, 0.05) is 0 Å². The zero-order valence-corrected chi connectivity index (χ0v) is 14.1. The van der Waals surface area contributed by atoms with Crippen LogP contribution in [0.1, 0.15) is 16.7 Å². The van der Waals surface area contributed by atoms with Crippen molar-refractivity contribution < 1.29 is 9.53 Å². The maximum atomic E-state index is 11.7. The Balaban J connectivity index is 1.83. The molecule has 0 atom stereocenters. The van der Waals surface area contributed by atoms with E-state index in [1.54, 1.807) is 6.21 Å². The average molecular weight is 361 g/mol. The van der Waals surface area contributed by atoms with Crippen molar-refractivity contribution in [2.45, 2.75) is 13.8 Å². The molecule has 0 heterocycles. The molecule has 5 heteroatoms. The molecule has 0 bridgehead atoms. The SMILES string of the molecule is Cc1cccc(C=NNC(=O)COc2ccc(C)cc2Br)c1. The lowest BCUT2D eigenvalue weighted by atomic mass is 10.2. The van der Waals surface area contributed by atoms with E-state index in [-0.39, 0.29) is 12.5 Å². The summed E-state index contributed by atoms with van der Waals surface area (Å²) in [5, 5.41) is 3.92. The molecule has 0 spiro atoms. The van der Waals surface area contributed by atoms with Gasteiger partial charge < -0.3 is 4.74 Å². The van der Waals surface area contributed by atoms with Crippen molar-refractivity contribution in [2.75, 3.05) is 6.61 Å². The molecule has 0 aliphatic carbocycles. The number of nitrogens with zero attached hydrogens (tertiary/aromatic N) is 1. The predicted octanol–water partition coefficient (Wildman–Crippen LogP) is 3.60. The molecule has 0 aliphatic heterocycles. The van der Waals surface area contributed by atoms with Gasteiger partial charge in [-0.3, -0.25) is 4.79 Å². The van der Waals surface area contributed by atoms with E-state index in [4.69, 9.17) is 4.74 Å². The van der Waals surface area contributed by atoms with Crippen LogP contribution in [0.4, 0.5) is 0 Å². The van der Waals surface area contributed by atoms with Gasteiger partial charge in [-0.1, -0.05) is 35.9 Å². The van der Waals surface area contributed by atoms with Crippen molar-refractivity contribution in [3.05, 3.63) is 63.6 Å². The summed E-state index contributed by atoms with van der Waals surface area (Å²) in [5.74, 6) is 0.319. The fraction of sp³-hybridized carbons (Fsp3) is 0.176. The number of carbonyl (C=O) groups is 1. The fourth-order valence-electron chi connectivity index (χ4n) is 1.83. The monoisotopic (exact) mass is 360 g/mol. The maximum Gasteiger partial charge on any atom is 0.277 e. The van der Waals surface area contributed by atoms with Crippen molar-refractivity contribution in [2.24, 2.45) is 5.10 Å². The third-order valence-corrected chi connectivity index (χ3v) is 3.51. The highest BCUT2D eigenvalue weighted by Crippen LogP contribution is 2.25. The quantitative estimate of drug-likeness (QED) is 0.654. The van der Waals surface area contributed by atoms with Crippen molar-refractivity contribution in [3.8, 4) is 5.75 Å². The topological polar surface area (TPSA) is 50.7 Å². The molecule has 0 aromatic heterocycles. The molecular formula is C17H17BrN2O2. The number of amides is 1. The first-order valence-electron chi connectivity index (χ1n) is 6.82. The summed E-state index contributed by atoms with van der Waals surface area (Å²) < 4.78 is 6.27. The van der Waals surface area contributed by atoms with Gasteiger partial charge in [0.15, 0.2) is 6.61 Å². The van der Waals surface area contributed by atoms with E-state index in [1.165, 1.54) is 0 Å². The molecule has 1 amide bonds. The molecule has 0 aliphatic rings. The minimum Gasteiger partial charge on any atom is -0.483 e. The zero-order valence-electron chi connectivity index (χ0n) is 12.5. The van der Waals surface area contributed by atoms with Crippen molar-refractivity contribution in [1.29, 1.82) is 0 Å². The predicted molar refractivity (Wildman–Crippen MR) is 91.3 cm³/mol. The van der Waals surface area contributed by atoms with E-state index < -0.39 is 0 Å². The molecule has 2 aromatic carbocycles. The van der Waals surface area contributed by atoms with Crippen LogP contribution in [0.3, 0.4) is 0 Å². The summed E-state index contributed by atoms with van der Waals surface area (Å²) in [6.07, 6.45) is 1.60. The molecule has 114 valence electrons. The smallest absolute Gasteiger partial charge is 0.277 e. The fourth-order valence-corrected chi connectivity index (χ4v) is 2.44. The third-order valence-electron chi connectivity index (χ3n) is 2.89. The van der Waals surface area contributed by atoms with Crippen LogP contribution in [-0.2, 0) is 4.79 Å². The number of carbonyl (C=O) groups excluding carboxylic acids is 1. The molecule has 2 rings (SSSR count). The number of rotatable bonds is 5. The van der Waals surface area contributed by atoms with Crippen molar-refractivity contribution in [3.63, 3.8) is 0 Å². The van der Waals surface area contributed by atoms with Crippen LogP contribution in [0, 0.1) is 13.8 Å². The van der Waals surface area contributed by atoms with E-state index in [2.05, 4.69) is 26.5 Å². The van der Waals surface area contributed by atoms with Crippen LogP contribution in [0.5, 0.6) is 5.75 Å². The van der Waals surface area contributed by atoms with Gasteiger partial charge in [-0.25, -0.2) is 5.43 Å². The van der Waals surface area contributed by atoms with Crippen LogP contribution in [0.2, 0.25) is 0 Å². The summed E-state index contributed by atoms with van der Waals surface area (Å²) in [7, 11) is 0. The van der Waals surface area contributed by atoms with Gasteiger partial charge >= 0.3 is 0 Å². The Labute approximate surface area is 138 Å². The summed E-state index contributed by atoms with van der Waals surface area (Å²) >= 11 is 3.40. The molecule has 0 radical (unpaired) electrons. The van der Waals surface area contributed by atoms with Crippen molar-refractivity contribution >= 4 is 28.1 Å². The van der Waals surface area contributed by atoms with Gasteiger partial charge in [0.2, 0.25) is 0 Å². The molecule has 0 saturated heterocycles. The number of benzene rings is 2. The molecule has 0 unspecified atom stereocenters. The van der Waals surface area contributed by atoms with E-state index >= 15 is 0 Å². The van der Waals surface area contributed by atoms with E-state index in [1.807, 2.05) is 56.3 Å². The lowest BCUT2D eigenvalue weighted by molar-refractivity contribution is -0.123. The lowest BCUT2D eigenvalue weighted by Crippen LogP contribution is -2.24. The maximum absolute atomic E-state index is 11.7. The second kappa shape index (κ2) is 7.75. The molecule has 1 N–H and O–H groups in total. The minimum atomic E-state index is -0.309. The highest BCUT2D eigenvalue weighted by atomic mass is 79.9. The minimum absolute atomic E-state index is 0.0905. The van der Waals surface area contributed by atoms with E-state index in [0.717, 1.165) is 21.2 Å². The number of halogens is 1. The van der Waals surface area contributed by atoms with Crippen LogP contribution >= 0.6 is 15.9 Å². The van der Waals surface area contributed by atoms with Gasteiger partial charge in [0.1, 0.15) is 5.75 Å². The standard InChI is InChI=1S/C17H17BrN2O2/c1-12-4-3-5-14(8-12)10-19-20-17(21)11-22-16-7-6-13(2)9-15(16)18/h3-10H,11H2,1-2H3,(H,20,21). The molecule has 4 nitrogen and oxygen atoms in total. The molecule has 2 aromatic rings. The highest BCUT2D eigenvalue weighted by Gasteiger charge is 2.04. The van der Waals surface area contributed by atoms with Gasteiger partial charge in [-0.05, 0) is 53.0 Å². The van der Waals surface area contributed by atoms with Crippen LogP contribution in [0.25, 0.3) is 0 Å². The number of hydrazone groups is 1. The highest BCUT2D eigenvalue weighted by molar-refractivity contribution is 9.10. The number of nitrogens with one attached hydrogen (secondary N) is 1. The van der Waals surface area contributed by atoms with Gasteiger partial charge in [-0.15, -0.1) is 0 Å². The largest absolute Gasteiger partial charge is 0.483 e. The van der Waals surface area contributed by atoms with Gasteiger partial charge in [0.05, 0.1) is 10.7 Å². The van der Waals surface area contributed by atoms with Crippen LogP contribution in [0.15, 0.2) is 52.0 Å². The Kier molecular flexibility index (Phi) is 5.72. The zero-order chi connectivity index (χ0) is 15.9.